The number of nitrogens with zero attached hydrogens (tertiary/aromatic N) is 2. The van der Waals surface area contributed by atoms with E-state index in [4.69, 9.17) is 4.42 Å². The van der Waals surface area contributed by atoms with Crippen LogP contribution in [0.3, 0.4) is 0 Å². The Hall–Kier alpha value is -3.13. The van der Waals surface area contributed by atoms with Crippen LogP contribution in [0.2, 0.25) is 0 Å². The van der Waals surface area contributed by atoms with E-state index in [-0.39, 0.29) is 11.4 Å². The normalized spacial score (nSPS) is 11.8. The number of hydrogen-bond donors (Lipinski definition) is 1. The molecule has 1 N–H and O–H groups in total. The standard InChI is InChI=1S/C20H19N3O4S/c1-12-9-10-16(17(11-12)23(25)26)22-19(24)18(15-7-5-4-6-8-15)28-20-21-13(2)14(3)27-20/h4-11,18H,1-3H3,(H,22,24). The molecule has 0 saturated heterocycles. The molecule has 28 heavy (non-hydrogen) atoms. The number of carbonyl (C=O) groups is 1. The molecule has 0 aliphatic carbocycles. The minimum atomic E-state index is -0.681. The highest BCUT2D eigenvalue weighted by Gasteiger charge is 2.27. The fourth-order valence-corrected chi connectivity index (χ4v) is 3.62. The Labute approximate surface area is 166 Å². The Morgan fingerprint density at radius 3 is 2.50 bits per heavy atom. The first-order chi connectivity index (χ1) is 13.3. The van der Waals surface area contributed by atoms with Crippen molar-refractivity contribution in [3.05, 3.63) is 81.2 Å². The number of aryl methyl sites for hydroxylation is 3. The Bertz CT molecular complexity index is 998. The molecule has 0 saturated carbocycles. The first-order valence-corrected chi connectivity index (χ1v) is 9.44. The SMILES string of the molecule is Cc1ccc(NC(=O)C(Sc2nc(C)c(C)o2)c2ccccc2)c([N+](=O)[O-])c1. The molecule has 1 heterocycles. The van der Waals surface area contributed by atoms with Gasteiger partial charge in [0, 0.05) is 6.07 Å². The van der Waals surface area contributed by atoms with E-state index < -0.39 is 16.1 Å². The van der Waals surface area contributed by atoms with E-state index in [0.29, 0.717) is 11.0 Å². The number of amides is 1. The summed E-state index contributed by atoms with van der Waals surface area (Å²) in [6.07, 6.45) is 0. The summed E-state index contributed by atoms with van der Waals surface area (Å²) in [5.74, 6) is 0.292. The molecule has 0 spiro atoms. The molecular weight excluding hydrogens is 378 g/mol. The number of aromatic nitrogens is 1. The predicted molar refractivity (Wildman–Crippen MR) is 107 cm³/mol. The summed E-state index contributed by atoms with van der Waals surface area (Å²) >= 11 is 1.16. The second kappa shape index (κ2) is 8.26. The van der Waals surface area contributed by atoms with Crippen molar-refractivity contribution in [2.45, 2.75) is 31.2 Å². The summed E-state index contributed by atoms with van der Waals surface area (Å²) in [6, 6.07) is 13.8. The number of hydrogen-bond acceptors (Lipinski definition) is 6. The highest BCUT2D eigenvalue weighted by Crippen LogP contribution is 2.37. The number of benzene rings is 2. The van der Waals surface area contributed by atoms with Gasteiger partial charge in [0.15, 0.2) is 0 Å². The lowest BCUT2D eigenvalue weighted by Crippen LogP contribution is -2.19. The lowest BCUT2D eigenvalue weighted by molar-refractivity contribution is -0.384. The van der Waals surface area contributed by atoms with Crippen molar-refractivity contribution in [2.75, 3.05) is 5.32 Å². The maximum Gasteiger partial charge on any atom is 0.293 e. The number of nitro benzene ring substituents is 1. The molecule has 0 aliphatic heterocycles. The van der Waals surface area contributed by atoms with E-state index in [1.807, 2.05) is 37.3 Å². The Morgan fingerprint density at radius 2 is 1.89 bits per heavy atom. The van der Waals surface area contributed by atoms with Crippen molar-refractivity contribution in [2.24, 2.45) is 0 Å². The Kier molecular flexibility index (Phi) is 5.79. The topological polar surface area (TPSA) is 98.3 Å². The van der Waals surface area contributed by atoms with Crippen LogP contribution < -0.4 is 5.32 Å². The van der Waals surface area contributed by atoms with E-state index in [0.717, 1.165) is 28.6 Å². The number of thioether (sulfide) groups is 1. The third-order valence-corrected chi connectivity index (χ3v) is 5.27. The average molecular weight is 397 g/mol. The molecular formula is C20H19N3O4S. The Morgan fingerprint density at radius 1 is 1.18 bits per heavy atom. The van der Waals surface area contributed by atoms with Crippen molar-refractivity contribution in [1.82, 2.24) is 4.98 Å². The number of oxazole rings is 1. The molecule has 3 rings (SSSR count). The molecule has 1 amide bonds. The minimum absolute atomic E-state index is 0.145. The second-order valence-electron chi connectivity index (χ2n) is 6.30. The van der Waals surface area contributed by atoms with Crippen molar-refractivity contribution >= 4 is 29.0 Å². The quantitative estimate of drug-likeness (QED) is 0.358. The molecule has 8 heteroatoms. The van der Waals surface area contributed by atoms with Crippen LogP contribution in [-0.2, 0) is 4.79 Å². The van der Waals surface area contributed by atoms with Gasteiger partial charge in [0.25, 0.3) is 10.9 Å². The molecule has 144 valence electrons. The summed E-state index contributed by atoms with van der Waals surface area (Å²) < 4.78 is 5.61. The van der Waals surface area contributed by atoms with Crippen LogP contribution in [0.15, 0.2) is 58.2 Å². The van der Waals surface area contributed by atoms with Gasteiger partial charge in [-0.2, -0.15) is 0 Å². The molecule has 2 aromatic carbocycles. The zero-order valence-corrected chi connectivity index (χ0v) is 16.4. The maximum atomic E-state index is 13.0. The van der Waals surface area contributed by atoms with Gasteiger partial charge >= 0.3 is 0 Å². The van der Waals surface area contributed by atoms with E-state index >= 15 is 0 Å². The van der Waals surface area contributed by atoms with Crippen LogP contribution in [0.1, 0.15) is 27.8 Å². The monoisotopic (exact) mass is 397 g/mol. The largest absolute Gasteiger partial charge is 0.437 e. The van der Waals surface area contributed by atoms with Crippen molar-refractivity contribution < 1.29 is 14.1 Å². The summed E-state index contributed by atoms with van der Waals surface area (Å²) in [4.78, 5) is 28.2. The summed E-state index contributed by atoms with van der Waals surface area (Å²) in [7, 11) is 0. The number of anilines is 1. The molecule has 1 unspecified atom stereocenters. The van der Waals surface area contributed by atoms with E-state index in [1.54, 1.807) is 19.9 Å². The van der Waals surface area contributed by atoms with Crippen LogP contribution >= 0.6 is 11.8 Å². The maximum absolute atomic E-state index is 13.0. The number of nitro groups is 1. The van der Waals surface area contributed by atoms with Gasteiger partial charge < -0.3 is 9.73 Å². The molecule has 0 bridgehead atoms. The lowest BCUT2D eigenvalue weighted by Gasteiger charge is -2.15. The highest BCUT2D eigenvalue weighted by molar-refractivity contribution is 8.00. The summed E-state index contributed by atoms with van der Waals surface area (Å²) in [5, 5.41) is 13.7. The van der Waals surface area contributed by atoms with Gasteiger partial charge in [-0.1, -0.05) is 36.4 Å². The number of rotatable bonds is 6. The molecule has 3 aromatic rings. The van der Waals surface area contributed by atoms with Crippen molar-refractivity contribution in [1.29, 1.82) is 0 Å². The van der Waals surface area contributed by atoms with E-state index in [9.17, 15) is 14.9 Å². The van der Waals surface area contributed by atoms with Gasteiger partial charge in [-0.3, -0.25) is 14.9 Å². The third kappa shape index (κ3) is 4.40. The number of nitrogens with one attached hydrogen (secondary N) is 1. The fourth-order valence-electron chi connectivity index (χ4n) is 2.59. The van der Waals surface area contributed by atoms with Crippen molar-refractivity contribution in [3.8, 4) is 0 Å². The summed E-state index contributed by atoms with van der Waals surface area (Å²) in [6.45, 7) is 5.39. The molecule has 0 aliphatic rings. The first kappa shape index (κ1) is 19.6. The van der Waals surface area contributed by atoms with E-state index in [1.165, 1.54) is 12.1 Å². The zero-order valence-electron chi connectivity index (χ0n) is 15.6. The van der Waals surface area contributed by atoms with Crippen LogP contribution in [0.25, 0.3) is 0 Å². The summed E-state index contributed by atoms with van der Waals surface area (Å²) in [5.41, 5.74) is 2.25. The molecule has 1 atom stereocenters. The van der Waals surface area contributed by atoms with Gasteiger partial charge in [-0.15, -0.1) is 0 Å². The van der Waals surface area contributed by atoms with Crippen LogP contribution in [0.4, 0.5) is 11.4 Å². The average Bonchev–Trinajstić information content (AvgIpc) is 2.99. The fraction of sp³-hybridized carbons (Fsp3) is 0.200. The highest BCUT2D eigenvalue weighted by atomic mass is 32.2. The lowest BCUT2D eigenvalue weighted by atomic mass is 10.1. The minimum Gasteiger partial charge on any atom is -0.437 e. The Balaban J connectivity index is 1.92. The van der Waals surface area contributed by atoms with Gasteiger partial charge in [-0.05, 0) is 49.7 Å². The smallest absolute Gasteiger partial charge is 0.293 e. The van der Waals surface area contributed by atoms with Gasteiger partial charge in [0.2, 0.25) is 5.91 Å². The van der Waals surface area contributed by atoms with Crippen LogP contribution in [-0.4, -0.2) is 15.8 Å². The zero-order chi connectivity index (χ0) is 20.3. The van der Waals surface area contributed by atoms with E-state index in [2.05, 4.69) is 10.3 Å². The molecule has 0 fully saturated rings. The second-order valence-corrected chi connectivity index (χ2v) is 7.35. The third-order valence-electron chi connectivity index (χ3n) is 4.18. The molecule has 1 aromatic heterocycles. The first-order valence-electron chi connectivity index (χ1n) is 8.56. The number of carbonyl (C=O) groups excluding carboxylic acids is 1. The van der Waals surface area contributed by atoms with Crippen molar-refractivity contribution in [3.63, 3.8) is 0 Å². The van der Waals surface area contributed by atoms with Crippen LogP contribution in [0.5, 0.6) is 0 Å². The van der Waals surface area contributed by atoms with Gasteiger partial charge in [0.05, 0.1) is 10.6 Å². The molecule has 0 radical (unpaired) electrons. The van der Waals surface area contributed by atoms with Gasteiger partial charge in [-0.25, -0.2) is 4.98 Å². The predicted octanol–water partition coefficient (Wildman–Crippen LogP) is 4.98. The van der Waals surface area contributed by atoms with Crippen LogP contribution in [0, 0.1) is 30.9 Å². The molecule has 7 nitrogen and oxygen atoms in total. The van der Waals surface area contributed by atoms with Gasteiger partial charge in [0.1, 0.15) is 16.7 Å².